The van der Waals surface area contributed by atoms with E-state index in [9.17, 15) is 14.4 Å². The number of benzene rings is 2. The lowest BCUT2D eigenvalue weighted by atomic mass is 10.0. The molecule has 38 heavy (non-hydrogen) atoms. The number of nitrogens with one attached hydrogen (secondary N) is 3. The van der Waals surface area contributed by atoms with Crippen LogP contribution in [-0.2, 0) is 29.0 Å². The lowest BCUT2D eigenvalue weighted by Crippen LogP contribution is -2.44. The van der Waals surface area contributed by atoms with E-state index in [1.54, 1.807) is 11.0 Å². The molecular weight excluding hydrogens is 482 g/mol. The van der Waals surface area contributed by atoms with Gasteiger partial charge in [0.25, 0.3) is 11.8 Å². The minimum atomic E-state index is -0.350. The molecule has 0 radical (unpaired) electrons. The van der Waals surface area contributed by atoms with Gasteiger partial charge in [0.1, 0.15) is 0 Å². The van der Waals surface area contributed by atoms with E-state index in [1.807, 2.05) is 42.5 Å². The molecule has 1 saturated heterocycles. The first-order valence-electron chi connectivity index (χ1n) is 13.3. The first-order valence-corrected chi connectivity index (χ1v) is 13.3. The van der Waals surface area contributed by atoms with Crippen molar-refractivity contribution >= 4 is 17.7 Å². The smallest absolute Gasteiger partial charge is 0.274 e. The molecule has 1 aliphatic carbocycles. The second kappa shape index (κ2) is 10.4. The summed E-state index contributed by atoms with van der Waals surface area (Å²) in [6.07, 6.45) is 3.24. The molecule has 3 N–H and O–H groups in total. The second-order valence-corrected chi connectivity index (χ2v) is 10.3. The fourth-order valence-electron chi connectivity index (χ4n) is 5.61. The Kier molecular flexibility index (Phi) is 6.68. The Labute approximate surface area is 220 Å². The van der Waals surface area contributed by atoms with Crippen LogP contribution in [0.15, 0.2) is 48.5 Å². The SMILES string of the molecule is O=C1CCCNC(=O)c2cccc(c2)-c2cccc(c2)CO[C@H]2CN(C(=O)c3n[nH]c4c3CCC4)C[C@@H]2N1. The number of aromatic amines is 1. The molecule has 2 aromatic carbocycles. The molecule has 4 bridgehead atoms. The van der Waals surface area contributed by atoms with Gasteiger partial charge in [0.05, 0.1) is 18.8 Å². The number of carbonyl (C=O) groups excluding carboxylic acids is 3. The Hall–Kier alpha value is -3.98. The van der Waals surface area contributed by atoms with E-state index in [4.69, 9.17) is 4.74 Å². The van der Waals surface area contributed by atoms with Gasteiger partial charge in [-0.3, -0.25) is 19.5 Å². The summed E-state index contributed by atoms with van der Waals surface area (Å²) in [5.41, 5.74) is 6.05. The molecule has 1 fully saturated rings. The normalized spacial score (nSPS) is 21.7. The highest BCUT2D eigenvalue weighted by atomic mass is 16.5. The number of nitrogens with zero attached hydrogens (tertiary/aromatic N) is 2. The van der Waals surface area contributed by atoms with Gasteiger partial charge in [-0.15, -0.1) is 0 Å². The Bertz CT molecular complexity index is 1380. The van der Waals surface area contributed by atoms with Crippen LogP contribution in [0.4, 0.5) is 0 Å². The van der Waals surface area contributed by atoms with Crippen LogP contribution in [0.25, 0.3) is 11.1 Å². The number of aryl methyl sites for hydroxylation is 1. The van der Waals surface area contributed by atoms with Gasteiger partial charge in [-0.05, 0) is 60.6 Å². The third-order valence-electron chi connectivity index (χ3n) is 7.62. The fourth-order valence-corrected chi connectivity index (χ4v) is 5.61. The molecule has 3 aromatic rings. The summed E-state index contributed by atoms with van der Waals surface area (Å²) >= 11 is 0. The highest BCUT2D eigenvalue weighted by Gasteiger charge is 2.39. The number of likely N-dealkylation sites (tertiary alicyclic amines) is 1. The second-order valence-electron chi connectivity index (χ2n) is 10.3. The predicted octanol–water partition coefficient (Wildman–Crippen LogP) is 2.62. The highest BCUT2D eigenvalue weighted by Crippen LogP contribution is 2.27. The van der Waals surface area contributed by atoms with Gasteiger partial charge in [0.15, 0.2) is 5.69 Å². The van der Waals surface area contributed by atoms with Gasteiger partial charge in [-0.2, -0.15) is 5.10 Å². The molecule has 2 aliphatic heterocycles. The lowest BCUT2D eigenvalue weighted by molar-refractivity contribution is -0.122. The summed E-state index contributed by atoms with van der Waals surface area (Å²) in [5, 5.41) is 13.3. The lowest BCUT2D eigenvalue weighted by Gasteiger charge is -2.20. The molecular formula is C29H31N5O4. The van der Waals surface area contributed by atoms with E-state index in [0.717, 1.165) is 47.2 Å². The van der Waals surface area contributed by atoms with Crippen LogP contribution < -0.4 is 10.6 Å². The molecule has 1 aromatic heterocycles. The van der Waals surface area contributed by atoms with E-state index >= 15 is 0 Å². The minimum Gasteiger partial charge on any atom is -0.369 e. The monoisotopic (exact) mass is 513 g/mol. The van der Waals surface area contributed by atoms with Gasteiger partial charge >= 0.3 is 0 Å². The zero-order valence-corrected chi connectivity index (χ0v) is 21.2. The molecule has 3 amide bonds. The first kappa shape index (κ1) is 24.4. The average Bonchev–Trinajstić information content (AvgIpc) is 3.66. The van der Waals surface area contributed by atoms with E-state index in [0.29, 0.717) is 43.9 Å². The van der Waals surface area contributed by atoms with E-state index < -0.39 is 0 Å². The van der Waals surface area contributed by atoms with Crippen molar-refractivity contribution in [2.24, 2.45) is 0 Å². The maximum atomic E-state index is 13.4. The average molecular weight is 514 g/mol. The van der Waals surface area contributed by atoms with Crippen LogP contribution in [-0.4, -0.2) is 64.6 Å². The van der Waals surface area contributed by atoms with E-state index in [-0.39, 0.29) is 36.3 Å². The summed E-state index contributed by atoms with van der Waals surface area (Å²) in [4.78, 5) is 40.6. The molecule has 3 heterocycles. The van der Waals surface area contributed by atoms with Crippen LogP contribution >= 0.6 is 0 Å². The Morgan fingerprint density at radius 3 is 2.66 bits per heavy atom. The Morgan fingerprint density at radius 2 is 1.76 bits per heavy atom. The van der Waals surface area contributed by atoms with Crippen molar-refractivity contribution in [3.8, 4) is 11.1 Å². The zero-order chi connectivity index (χ0) is 26.1. The summed E-state index contributed by atoms with van der Waals surface area (Å²) in [6.45, 7) is 1.47. The summed E-state index contributed by atoms with van der Waals surface area (Å²) in [5.74, 6) is -0.409. The predicted molar refractivity (Wildman–Crippen MR) is 140 cm³/mol. The number of carbonyl (C=O) groups is 3. The van der Waals surface area contributed by atoms with Gasteiger partial charge in [0.2, 0.25) is 5.91 Å². The summed E-state index contributed by atoms with van der Waals surface area (Å²) in [7, 11) is 0. The minimum absolute atomic E-state index is 0.124. The summed E-state index contributed by atoms with van der Waals surface area (Å²) < 4.78 is 6.34. The van der Waals surface area contributed by atoms with Crippen molar-refractivity contribution in [3.05, 3.63) is 76.6 Å². The molecule has 0 spiro atoms. The van der Waals surface area contributed by atoms with Crippen LogP contribution in [0, 0.1) is 0 Å². The molecule has 0 unspecified atom stereocenters. The first-order chi connectivity index (χ1) is 18.5. The van der Waals surface area contributed by atoms with Crippen LogP contribution in [0.2, 0.25) is 0 Å². The van der Waals surface area contributed by atoms with Crippen LogP contribution in [0.3, 0.4) is 0 Å². The number of hydrogen-bond acceptors (Lipinski definition) is 5. The van der Waals surface area contributed by atoms with Crippen molar-refractivity contribution < 1.29 is 19.1 Å². The van der Waals surface area contributed by atoms with Gasteiger partial charge < -0.3 is 20.3 Å². The molecule has 9 heteroatoms. The number of aromatic nitrogens is 2. The zero-order valence-electron chi connectivity index (χ0n) is 21.2. The van der Waals surface area contributed by atoms with Crippen LogP contribution in [0.5, 0.6) is 0 Å². The largest absolute Gasteiger partial charge is 0.369 e. The van der Waals surface area contributed by atoms with Crippen molar-refractivity contribution in [2.75, 3.05) is 19.6 Å². The third-order valence-corrected chi connectivity index (χ3v) is 7.62. The molecule has 2 atom stereocenters. The molecule has 196 valence electrons. The van der Waals surface area contributed by atoms with E-state index in [1.165, 1.54) is 0 Å². The van der Waals surface area contributed by atoms with E-state index in [2.05, 4.69) is 20.8 Å². The molecule has 0 saturated carbocycles. The number of fused-ring (bicyclic) bond motifs is 7. The number of amides is 3. The molecule has 6 rings (SSSR count). The number of H-pyrrole nitrogens is 1. The summed E-state index contributed by atoms with van der Waals surface area (Å²) in [6, 6.07) is 15.2. The maximum Gasteiger partial charge on any atom is 0.274 e. The molecule has 3 aliphatic rings. The van der Waals surface area contributed by atoms with Crippen molar-refractivity contribution in [2.45, 2.75) is 50.9 Å². The number of ether oxygens (including phenoxy) is 1. The van der Waals surface area contributed by atoms with Crippen LogP contribution in [0.1, 0.15) is 56.9 Å². The number of rotatable bonds is 1. The fraction of sp³-hybridized carbons (Fsp3) is 0.379. The highest BCUT2D eigenvalue weighted by molar-refractivity contribution is 5.95. The number of hydrogen-bond donors (Lipinski definition) is 3. The van der Waals surface area contributed by atoms with Gasteiger partial charge in [-0.25, -0.2) is 0 Å². The topological polar surface area (TPSA) is 116 Å². The van der Waals surface area contributed by atoms with Crippen molar-refractivity contribution in [3.63, 3.8) is 0 Å². The third kappa shape index (κ3) is 4.93. The van der Waals surface area contributed by atoms with Gasteiger partial charge in [0, 0.05) is 42.9 Å². The van der Waals surface area contributed by atoms with Crippen molar-refractivity contribution in [1.29, 1.82) is 0 Å². The molecule has 9 nitrogen and oxygen atoms in total. The maximum absolute atomic E-state index is 13.4. The Balaban J connectivity index is 1.24. The van der Waals surface area contributed by atoms with Gasteiger partial charge in [-0.1, -0.05) is 30.3 Å². The quantitative estimate of drug-likeness (QED) is 0.463. The van der Waals surface area contributed by atoms with Crippen molar-refractivity contribution in [1.82, 2.24) is 25.7 Å². The standard InChI is InChI=1S/C29H31N5O4/c35-26-11-4-12-30-28(36)21-8-2-7-20(14-21)19-6-1-5-18(13-19)17-38-25-16-34(15-24(25)31-26)29(37)27-22-9-3-10-23(22)32-33-27/h1-2,5-8,13-14,24-25H,3-4,9-12,15-17H2,(H,30,36)(H,31,35)(H,32,33)/t24-,25-/m0/s1. The Morgan fingerprint density at radius 1 is 0.947 bits per heavy atom.